The summed E-state index contributed by atoms with van der Waals surface area (Å²) in [7, 11) is 3.18. The van der Waals surface area contributed by atoms with E-state index >= 15 is 0 Å². The van der Waals surface area contributed by atoms with E-state index in [0.717, 1.165) is 19.4 Å². The lowest BCUT2D eigenvalue weighted by molar-refractivity contribution is 0.0627. The molecule has 2 atom stereocenters. The zero-order valence-corrected chi connectivity index (χ0v) is 15.0. The molecule has 1 aliphatic heterocycles. The Morgan fingerprint density at radius 2 is 1.91 bits per heavy atom. The molecule has 1 aliphatic rings. The molecule has 1 saturated heterocycles. The second-order valence-corrected chi connectivity index (χ2v) is 6.82. The minimum Gasteiger partial charge on any atom is -0.493 e. The monoisotopic (exact) mass is 319 g/mol. The van der Waals surface area contributed by atoms with E-state index in [-0.39, 0.29) is 11.9 Å². The van der Waals surface area contributed by atoms with Gasteiger partial charge >= 0.3 is 0 Å². The zero-order valence-electron chi connectivity index (χ0n) is 15.0. The van der Waals surface area contributed by atoms with E-state index in [1.165, 1.54) is 6.42 Å². The second-order valence-electron chi connectivity index (χ2n) is 6.82. The van der Waals surface area contributed by atoms with Gasteiger partial charge in [0.2, 0.25) is 0 Å². The first-order chi connectivity index (χ1) is 11.0. The summed E-state index contributed by atoms with van der Waals surface area (Å²) in [5.74, 6) is 2.29. The van der Waals surface area contributed by atoms with E-state index in [4.69, 9.17) is 9.47 Å². The Balaban J connectivity index is 2.37. The van der Waals surface area contributed by atoms with Crippen molar-refractivity contribution >= 4 is 5.91 Å². The Morgan fingerprint density at radius 1 is 1.17 bits per heavy atom. The van der Waals surface area contributed by atoms with Crippen LogP contribution in [0, 0.1) is 11.8 Å². The molecule has 0 radical (unpaired) electrons. The van der Waals surface area contributed by atoms with Crippen LogP contribution < -0.4 is 9.47 Å². The van der Waals surface area contributed by atoms with Crippen molar-refractivity contribution in [3.63, 3.8) is 0 Å². The van der Waals surface area contributed by atoms with Crippen LogP contribution in [0.15, 0.2) is 18.2 Å². The third-order valence-corrected chi connectivity index (χ3v) is 4.88. The number of benzene rings is 1. The Bertz CT molecular complexity index is 541. The summed E-state index contributed by atoms with van der Waals surface area (Å²) in [5, 5.41) is 0. The highest BCUT2D eigenvalue weighted by Crippen LogP contribution is 2.34. The molecule has 0 spiro atoms. The van der Waals surface area contributed by atoms with Gasteiger partial charge in [-0.3, -0.25) is 4.79 Å². The number of rotatable bonds is 4. The van der Waals surface area contributed by atoms with E-state index in [2.05, 4.69) is 20.8 Å². The molecule has 1 aromatic rings. The van der Waals surface area contributed by atoms with Gasteiger partial charge in [-0.1, -0.05) is 26.8 Å². The standard InChI is InChI=1S/C19H29NO3/c1-13(2)16-10-9-14(3)11-12-20(16)19(21)15-7-6-8-17(22-4)18(15)23-5/h6-8,13-14,16H,9-12H2,1-5H3. The van der Waals surface area contributed by atoms with E-state index in [9.17, 15) is 4.79 Å². The zero-order chi connectivity index (χ0) is 17.0. The maximum atomic E-state index is 13.2. The van der Waals surface area contributed by atoms with Gasteiger partial charge in [0, 0.05) is 12.6 Å². The summed E-state index contributed by atoms with van der Waals surface area (Å²) >= 11 is 0. The van der Waals surface area contributed by atoms with Crippen LogP contribution >= 0.6 is 0 Å². The van der Waals surface area contributed by atoms with Crippen molar-refractivity contribution in [3.05, 3.63) is 23.8 Å². The quantitative estimate of drug-likeness (QED) is 0.842. The van der Waals surface area contributed by atoms with Gasteiger partial charge in [-0.05, 0) is 43.2 Å². The number of carbonyl (C=O) groups is 1. The van der Waals surface area contributed by atoms with Crippen LogP contribution in [0.25, 0.3) is 0 Å². The fourth-order valence-electron chi connectivity index (χ4n) is 3.44. The molecule has 0 saturated carbocycles. The lowest BCUT2D eigenvalue weighted by Gasteiger charge is -2.33. The van der Waals surface area contributed by atoms with Crippen LogP contribution in [0.2, 0.25) is 0 Å². The number of methoxy groups -OCH3 is 2. The summed E-state index contributed by atoms with van der Waals surface area (Å²) in [6.45, 7) is 7.48. The third-order valence-electron chi connectivity index (χ3n) is 4.88. The largest absolute Gasteiger partial charge is 0.493 e. The molecule has 2 rings (SSSR count). The molecular weight excluding hydrogens is 290 g/mol. The third kappa shape index (κ3) is 3.80. The fourth-order valence-corrected chi connectivity index (χ4v) is 3.44. The normalized spacial score (nSPS) is 21.9. The number of carbonyl (C=O) groups excluding carboxylic acids is 1. The Hall–Kier alpha value is -1.71. The lowest BCUT2D eigenvalue weighted by Crippen LogP contribution is -2.43. The molecule has 1 fully saturated rings. The summed E-state index contributed by atoms with van der Waals surface area (Å²) < 4.78 is 10.8. The van der Waals surface area contributed by atoms with Gasteiger partial charge in [0.15, 0.2) is 11.5 Å². The molecule has 0 N–H and O–H groups in total. The van der Waals surface area contributed by atoms with Crippen LogP contribution in [0.5, 0.6) is 11.5 Å². The summed E-state index contributed by atoms with van der Waals surface area (Å²) in [5.41, 5.74) is 0.590. The average Bonchev–Trinajstić information content (AvgIpc) is 2.75. The van der Waals surface area contributed by atoms with Gasteiger partial charge in [-0.2, -0.15) is 0 Å². The number of hydrogen-bond donors (Lipinski definition) is 0. The molecular formula is C19H29NO3. The summed E-state index contributed by atoms with van der Waals surface area (Å²) in [6.07, 6.45) is 3.31. The van der Waals surface area contributed by atoms with Crippen molar-refractivity contribution in [1.82, 2.24) is 4.90 Å². The van der Waals surface area contributed by atoms with Crippen molar-refractivity contribution in [1.29, 1.82) is 0 Å². The van der Waals surface area contributed by atoms with Crippen molar-refractivity contribution in [3.8, 4) is 11.5 Å². The predicted molar refractivity (Wildman–Crippen MR) is 92.2 cm³/mol. The topological polar surface area (TPSA) is 38.8 Å². The van der Waals surface area contributed by atoms with Crippen LogP contribution in [-0.4, -0.2) is 37.6 Å². The molecule has 0 aliphatic carbocycles. The first-order valence-corrected chi connectivity index (χ1v) is 8.51. The van der Waals surface area contributed by atoms with E-state index in [1.807, 2.05) is 23.1 Å². The summed E-state index contributed by atoms with van der Waals surface area (Å²) in [4.78, 5) is 15.3. The number of ether oxygens (including phenoxy) is 2. The number of para-hydroxylation sites is 1. The highest BCUT2D eigenvalue weighted by molar-refractivity contribution is 5.98. The van der Waals surface area contributed by atoms with Gasteiger partial charge in [0.05, 0.1) is 19.8 Å². The summed E-state index contributed by atoms with van der Waals surface area (Å²) in [6, 6.07) is 5.78. The van der Waals surface area contributed by atoms with Gasteiger partial charge in [-0.15, -0.1) is 0 Å². The average molecular weight is 319 g/mol. The molecule has 1 amide bonds. The first-order valence-electron chi connectivity index (χ1n) is 8.51. The smallest absolute Gasteiger partial charge is 0.258 e. The number of hydrogen-bond acceptors (Lipinski definition) is 3. The maximum absolute atomic E-state index is 13.2. The lowest BCUT2D eigenvalue weighted by atomic mass is 9.95. The highest BCUT2D eigenvalue weighted by atomic mass is 16.5. The molecule has 2 unspecified atom stereocenters. The number of nitrogens with zero attached hydrogens (tertiary/aromatic N) is 1. The van der Waals surface area contributed by atoms with Gasteiger partial charge < -0.3 is 14.4 Å². The minimum absolute atomic E-state index is 0.0496. The number of amides is 1. The SMILES string of the molecule is COc1cccc(C(=O)N2CCC(C)CCC2C(C)C)c1OC. The highest BCUT2D eigenvalue weighted by Gasteiger charge is 2.31. The van der Waals surface area contributed by atoms with Crippen LogP contribution in [-0.2, 0) is 0 Å². The van der Waals surface area contributed by atoms with Crippen molar-refractivity contribution in [2.45, 2.75) is 46.1 Å². The molecule has 128 valence electrons. The van der Waals surface area contributed by atoms with E-state index in [1.54, 1.807) is 14.2 Å². The molecule has 1 heterocycles. The molecule has 23 heavy (non-hydrogen) atoms. The fraction of sp³-hybridized carbons (Fsp3) is 0.632. The number of likely N-dealkylation sites (tertiary alicyclic amines) is 1. The van der Waals surface area contributed by atoms with Gasteiger partial charge in [0.1, 0.15) is 0 Å². The Morgan fingerprint density at radius 3 is 2.52 bits per heavy atom. The van der Waals surface area contributed by atoms with Crippen LogP contribution in [0.4, 0.5) is 0 Å². The van der Waals surface area contributed by atoms with Crippen molar-refractivity contribution in [2.24, 2.45) is 11.8 Å². The van der Waals surface area contributed by atoms with Crippen molar-refractivity contribution in [2.75, 3.05) is 20.8 Å². The van der Waals surface area contributed by atoms with E-state index < -0.39 is 0 Å². The van der Waals surface area contributed by atoms with Gasteiger partial charge in [0.25, 0.3) is 5.91 Å². The minimum atomic E-state index is 0.0496. The Kier molecular flexibility index (Phi) is 5.91. The predicted octanol–water partition coefficient (Wildman–Crippen LogP) is 3.99. The van der Waals surface area contributed by atoms with Crippen molar-refractivity contribution < 1.29 is 14.3 Å². The molecule has 0 aromatic heterocycles. The second kappa shape index (κ2) is 7.71. The van der Waals surface area contributed by atoms with Crippen LogP contribution in [0.1, 0.15) is 50.4 Å². The molecule has 4 heteroatoms. The molecule has 0 bridgehead atoms. The van der Waals surface area contributed by atoms with E-state index in [0.29, 0.717) is 28.9 Å². The van der Waals surface area contributed by atoms with Crippen LogP contribution in [0.3, 0.4) is 0 Å². The Labute approximate surface area is 139 Å². The molecule has 1 aromatic carbocycles. The molecule has 4 nitrogen and oxygen atoms in total. The van der Waals surface area contributed by atoms with Gasteiger partial charge in [-0.25, -0.2) is 0 Å². The maximum Gasteiger partial charge on any atom is 0.258 e. The first kappa shape index (κ1) is 17.6.